The van der Waals surface area contributed by atoms with Gasteiger partial charge in [-0.2, -0.15) is 14.6 Å². The van der Waals surface area contributed by atoms with E-state index >= 15 is 0 Å². The van der Waals surface area contributed by atoms with E-state index in [4.69, 9.17) is 4.74 Å². The fourth-order valence-corrected chi connectivity index (χ4v) is 3.67. The molecule has 1 saturated heterocycles. The third kappa shape index (κ3) is 3.55. The Hall–Kier alpha value is -2.65. The van der Waals surface area contributed by atoms with E-state index in [1.165, 1.54) is 18.5 Å². The van der Waals surface area contributed by atoms with Gasteiger partial charge in [0.05, 0.1) is 12.3 Å². The van der Waals surface area contributed by atoms with Gasteiger partial charge in [0.15, 0.2) is 0 Å². The maximum Gasteiger partial charge on any atom is 0.254 e. The molecule has 7 nitrogen and oxygen atoms in total. The molecule has 1 aromatic carbocycles. The number of aromatic nitrogens is 4. The van der Waals surface area contributed by atoms with E-state index in [0.717, 1.165) is 43.8 Å². The monoisotopic (exact) mass is 388 g/mol. The molecule has 0 aliphatic carbocycles. The average Bonchev–Trinajstić information content (AvgIpc) is 3.16. The largest absolute Gasteiger partial charge is 0.378 e. The Bertz CT molecular complexity index is 970. The second-order valence-corrected chi connectivity index (χ2v) is 6.88. The van der Waals surface area contributed by atoms with Crippen molar-refractivity contribution in [3.8, 4) is 0 Å². The van der Waals surface area contributed by atoms with Crippen LogP contribution in [0.5, 0.6) is 0 Å². The van der Waals surface area contributed by atoms with Crippen molar-refractivity contribution in [2.45, 2.75) is 19.6 Å². The van der Waals surface area contributed by atoms with Crippen LogP contribution in [-0.2, 0) is 11.3 Å². The van der Waals surface area contributed by atoms with Crippen LogP contribution < -0.4 is 4.90 Å². The van der Waals surface area contributed by atoms with E-state index in [1.807, 2.05) is 13.0 Å². The summed E-state index contributed by atoms with van der Waals surface area (Å²) in [5, 5.41) is 4.28. The van der Waals surface area contributed by atoms with Gasteiger partial charge in [-0.25, -0.2) is 13.8 Å². The Labute approximate surface area is 161 Å². The molecule has 0 amide bonds. The SMILES string of the molecule is COCc1cc(N2CCN(C(C)c3ccc(F)cc3F)CC2)n2ncnc2n1. The zero-order chi connectivity index (χ0) is 19.7. The highest BCUT2D eigenvalue weighted by molar-refractivity contribution is 5.47. The predicted octanol–water partition coefficient (Wildman–Crippen LogP) is 2.43. The fourth-order valence-electron chi connectivity index (χ4n) is 3.67. The highest BCUT2D eigenvalue weighted by Gasteiger charge is 2.25. The molecule has 0 saturated carbocycles. The number of benzene rings is 1. The number of hydrogen-bond donors (Lipinski definition) is 0. The third-order valence-electron chi connectivity index (χ3n) is 5.18. The number of methoxy groups -OCH3 is 1. The summed E-state index contributed by atoms with van der Waals surface area (Å²) in [6.07, 6.45) is 1.48. The van der Waals surface area contributed by atoms with Crippen LogP contribution in [0.4, 0.5) is 14.6 Å². The maximum atomic E-state index is 14.1. The van der Waals surface area contributed by atoms with E-state index in [9.17, 15) is 8.78 Å². The molecule has 3 aromatic rings. The highest BCUT2D eigenvalue weighted by atomic mass is 19.1. The minimum Gasteiger partial charge on any atom is -0.378 e. The second kappa shape index (κ2) is 7.76. The van der Waals surface area contributed by atoms with Gasteiger partial charge < -0.3 is 9.64 Å². The lowest BCUT2D eigenvalue weighted by atomic mass is 10.1. The Morgan fingerprint density at radius 3 is 2.64 bits per heavy atom. The summed E-state index contributed by atoms with van der Waals surface area (Å²) in [6, 6.07) is 5.61. The van der Waals surface area contributed by atoms with Gasteiger partial charge in [-0.3, -0.25) is 4.90 Å². The van der Waals surface area contributed by atoms with Crippen molar-refractivity contribution >= 4 is 11.6 Å². The van der Waals surface area contributed by atoms with E-state index in [2.05, 4.69) is 24.9 Å². The smallest absolute Gasteiger partial charge is 0.254 e. The molecule has 0 radical (unpaired) electrons. The third-order valence-corrected chi connectivity index (χ3v) is 5.18. The summed E-state index contributed by atoms with van der Waals surface area (Å²) in [7, 11) is 1.63. The summed E-state index contributed by atoms with van der Waals surface area (Å²) >= 11 is 0. The van der Waals surface area contributed by atoms with Crippen molar-refractivity contribution in [3.63, 3.8) is 0 Å². The van der Waals surface area contributed by atoms with Gasteiger partial charge in [0.2, 0.25) is 0 Å². The van der Waals surface area contributed by atoms with E-state index in [0.29, 0.717) is 17.9 Å². The highest BCUT2D eigenvalue weighted by Crippen LogP contribution is 2.26. The molecule has 1 aliphatic heterocycles. The van der Waals surface area contributed by atoms with Crippen molar-refractivity contribution in [1.82, 2.24) is 24.5 Å². The molecule has 0 spiro atoms. The van der Waals surface area contributed by atoms with Gasteiger partial charge in [-0.1, -0.05) is 6.07 Å². The normalized spacial score (nSPS) is 16.6. The minimum atomic E-state index is -0.556. The molecule has 3 heterocycles. The van der Waals surface area contributed by atoms with Crippen molar-refractivity contribution < 1.29 is 13.5 Å². The van der Waals surface area contributed by atoms with Gasteiger partial charge in [0.1, 0.15) is 23.8 Å². The molecule has 1 aliphatic rings. The molecular formula is C19H22F2N6O. The Morgan fingerprint density at radius 1 is 1.14 bits per heavy atom. The number of ether oxygens (including phenoxy) is 1. The first-order chi connectivity index (χ1) is 13.6. The molecule has 1 fully saturated rings. The summed E-state index contributed by atoms with van der Waals surface area (Å²) in [5.41, 5.74) is 1.31. The zero-order valence-corrected chi connectivity index (χ0v) is 15.8. The number of hydrogen-bond acceptors (Lipinski definition) is 6. The molecule has 9 heteroatoms. The van der Waals surface area contributed by atoms with Gasteiger partial charge >= 0.3 is 0 Å². The van der Waals surface area contributed by atoms with Crippen LogP contribution in [0.3, 0.4) is 0 Å². The van der Waals surface area contributed by atoms with Crippen molar-refractivity contribution in [1.29, 1.82) is 0 Å². The number of rotatable bonds is 5. The molecule has 0 bridgehead atoms. The summed E-state index contributed by atoms with van der Waals surface area (Å²) in [4.78, 5) is 13.0. The summed E-state index contributed by atoms with van der Waals surface area (Å²) in [5.74, 6) is 0.390. The van der Waals surface area contributed by atoms with Crippen LogP contribution in [-0.4, -0.2) is 57.8 Å². The van der Waals surface area contributed by atoms with E-state index in [1.54, 1.807) is 11.6 Å². The number of piperazine rings is 1. The first kappa shape index (κ1) is 18.7. The lowest BCUT2D eigenvalue weighted by Crippen LogP contribution is -2.48. The van der Waals surface area contributed by atoms with E-state index in [-0.39, 0.29) is 6.04 Å². The van der Waals surface area contributed by atoms with Crippen LogP contribution in [0.15, 0.2) is 30.6 Å². The van der Waals surface area contributed by atoms with Crippen LogP contribution in [0, 0.1) is 11.6 Å². The molecule has 1 unspecified atom stereocenters. The van der Waals surface area contributed by atoms with Gasteiger partial charge in [-0.05, 0) is 13.0 Å². The second-order valence-electron chi connectivity index (χ2n) is 6.88. The van der Waals surface area contributed by atoms with Crippen LogP contribution in [0.1, 0.15) is 24.2 Å². The molecule has 4 rings (SSSR count). The zero-order valence-electron chi connectivity index (χ0n) is 15.8. The fraction of sp³-hybridized carbons (Fsp3) is 0.421. The Morgan fingerprint density at radius 2 is 1.93 bits per heavy atom. The molecule has 148 valence electrons. The first-order valence-electron chi connectivity index (χ1n) is 9.19. The topological polar surface area (TPSA) is 58.8 Å². The summed E-state index contributed by atoms with van der Waals surface area (Å²) < 4.78 is 34.3. The van der Waals surface area contributed by atoms with Crippen LogP contribution in [0.25, 0.3) is 5.78 Å². The standard InChI is InChI=1S/C19H22F2N6O/c1-13(16-4-3-14(20)9-17(16)21)25-5-7-26(8-6-25)18-10-15(11-28-2)24-19-22-12-23-27(18)19/h3-4,9-10,12-13H,5-8,11H2,1-2H3. The lowest BCUT2D eigenvalue weighted by Gasteiger charge is -2.39. The Balaban J connectivity index is 1.51. The van der Waals surface area contributed by atoms with Gasteiger partial charge in [0.25, 0.3) is 5.78 Å². The summed E-state index contributed by atoms with van der Waals surface area (Å²) in [6.45, 7) is 5.34. The number of nitrogens with zero attached hydrogens (tertiary/aromatic N) is 6. The number of anilines is 1. The lowest BCUT2D eigenvalue weighted by molar-refractivity contribution is 0.181. The van der Waals surface area contributed by atoms with E-state index < -0.39 is 11.6 Å². The number of fused-ring (bicyclic) bond motifs is 1. The quantitative estimate of drug-likeness (QED) is 0.669. The average molecular weight is 388 g/mol. The van der Waals surface area contributed by atoms with Crippen LogP contribution in [0.2, 0.25) is 0 Å². The molecule has 28 heavy (non-hydrogen) atoms. The molecule has 1 atom stereocenters. The number of halogens is 2. The molecular weight excluding hydrogens is 366 g/mol. The van der Waals surface area contributed by atoms with Gasteiger partial charge in [0, 0.05) is 57.0 Å². The van der Waals surface area contributed by atoms with Crippen LogP contribution >= 0.6 is 0 Å². The predicted molar refractivity (Wildman–Crippen MR) is 100 cm³/mol. The minimum absolute atomic E-state index is 0.129. The molecule has 0 N–H and O–H groups in total. The first-order valence-corrected chi connectivity index (χ1v) is 9.19. The van der Waals surface area contributed by atoms with Gasteiger partial charge in [-0.15, -0.1) is 0 Å². The van der Waals surface area contributed by atoms with Crippen molar-refractivity contribution in [2.24, 2.45) is 0 Å². The van der Waals surface area contributed by atoms with Crippen molar-refractivity contribution in [2.75, 3.05) is 38.2 Å². The molecule has 2 aromatic heterocycles. The Kier molecular flexibility index (Phi) is 5.19. The maximum absolute atomic E-state index is 14.1. The van der Waals surface area contributed by atoms with Crippen molar-refractivity contribution in [3.05, 3.63) is 53.5 Å².